The molecule has 14 heavy (non-hydrogen) atoms. The van der Waals surface area contributed by atoms with Gasteiger partial charge < -0.3 is 5.11 Å². The Bertz CT molecular complexity index is 391. The van der Waals surface area contributed by atoms with E-state index in [0.717, 1.165) is 11.1 Å². The fourth-order valence-electron chi connectivity index (χ4n) is 0.988. The minimum atomic E-state index is -1.01. The molecule has 0 radical (unpaired) electrons. The minimum Gasteiger partial charge on any atom is -0.378 e. The van der Waals surface area contributed by atoms with Gasteiger partial charge in [0, 0.05) is 5.56 Å². The minimum absolute atomic E-state index is 0.267. The largest absolute Gasteiger partial charge is 0.378 e. The van der Waals surface area contributed by atoms with Crippen LogP contribution in [0.4, 0.5) is 4.39 Å². The van der Waals surface area contributed by atoms with Crippen molar-refractivity contribution in [1.29, 1.82) is 0 Å². The molecule has 1 nitrogen and oxygen atoms in total. The van der Waals surface area contributed by atoms with Crippen LogP contribution in [0.1, 0.15) is 25.0 Å². The topological polar surface area (TPSA) is 20.2 Å². The van der Waals surface area contributed by atoms with Crippen molar-refractivity contribution in [3.8, 4) is 11.8 Å². The van der Waals surface area contributed by atoms with E-state index < -0.39 is 5.60 Å². The van der Waals surface area contributed by atoms with Gasteiger partial charge in [0.25, 0.3) is 0 Å². The average molecular weight is 192 g/mol. The molecule has 0 unspecified atom stereocenters. The molecular formula is C12H13FO. The SMILES string of the molecule is Cc1cc(F)ccc1C#CC(C)(C)O. The molecule has 0 aromatic heterocycles. The van der Waals surface area contributed by atoms with Gasteiger partial charge in [0.05, 0.1) is 0 Å². The molecule has 0 spiro atoms. The summed E-state index contributed by atoms with van der Waals surface area (Å²) in [4.78, 5) is 0. The maximum absolute atomic E-state index is 12.7. The quantitative estimate of drug-likeness (QED) is 0.625. The molecule has 1 aromatic rings. The van der Waals surface area contributed by atoms with Gasteiger partial charge in [-0.15, -0.1) is 0 Å². The molecule has 74 valence electrons. The summed E-state index contributed by atoms with van der Waals surface area (Å²) in [6, 6.07) is 4.40. The van der Waals surface area contributed by atoms with Gasteiger partial charge in [-0.05, 0) is 44.5 Å². The van der Waals surface area contributed by atoms with Gasteiger partial charge in [-0.25, -0.2) is 4.39 Å². The van der Waals surface area contributed by atoms with E-state index in [1.54, 1.807) is 26.8 Å². The summed E-state index contributed by atoms with van der Waals surface area (Å²) >= 11 is 0. The molecule has 0 saturated carbocycles. The predicted octanol–water partition coefficient (Wildman–Crippen LogP) is 2.26. The molecule has 1 N–H and O–H groups in total. The second kappa shape index (κ2) is 3.81. The Morgan fingerprint density at radius 3 is 2.50 bits per heavy atom. The highest BCUT2D eigenvalue weighted by Crippen LogP contribution is 2.09. The van der Waals surface area contributed by atoms with Crippen LogP contribution >= 0.6 is 0 Å². The van der Waals surface area contributed by atoms with Gasteiger partial charge in [-0.1, -0.05) is 11.8 Å². The van der Waals surface area contributed by atoms with E-state index >= 15 is 0 Å². The molecule has 0 fully saturated rings. The molecule has 0 aliphatic rings. The molecule has 0 aliphatic heterocycles. The number of hydrogen-bond acceptors (Lipinski definition) is 1. The predicted molar refractivity (Wildman–Crippen MR) is 54.3 cm³/mol. The molecule has 0 saturated heterocycles. The van der Waals surface area contributed by atoms with Crippen molar-refractivity contribution in [2.45, 2.75) is 26.4 Å². The van der Waals surface area contributed by atoms with Gasteiger partial charge in [0.2, 0.25) is 0 Å². The highest BCUT2D eigenvalue weighted by Gasteiger charge is 2.06. The molecule has 0 bridgehead atoms. The molecular weight excluding hydrogens is 179 g/mol. The highest BCUT2D eigenvalue weighted by molar-refractivity contribution is 5.41. The van der Waals surface area contributed by atoms with E-state index in [4.69, 9.17) is 0 Å². The van der Waals surface area contributed by atoms with Crippen molar-refractivity contribution in [2.75, 3.05) is 0 Å². The normalized spacial score (nSPS) is 10.6. The Labute approximate surface area is 83.6 Å². The monoisotopic (exact) mass is 192 g/mol. The van der Waals surface area contributed by atoms with Crippen LogP contribution in [-0.2, 0) is 0 Å². The maximum atomic E-state index is 12.7. The Morgan fingerprint density at radius 1 is 1.36 bits per heavy atom. The lowest BCUT2D eigenvalue weighted by Crippen LogP contribution is -2.14. The van der Waals surface area contributed by atoms with Crippen molar-refractivity contribution < 1.29 is 9.50 Å². The van der Waals surface area contributed by atoms with Crippen molar-refractivity contribution >= 4 is 0 Å². The molecule has 0 amide bonds. The summed E-state index contributed by atoms with van der Waals surface area (Å²) in [5, 5.41) is 9.38. The summed E-state index contributed by atoms with van der Waals surface area (Å²) in [6.45, 7) is 5.01. The first kappa shape index (κ1) is 10.7. The Hall–Kier alpha value is -1.33. The molecule has 0 atom stereocenters. The fraction of sp³-hybridized carbons (Fsp3) is 0.333. The maximum Gasteiger partial charge on any atom is 0.123 e. The van der Waals surface area contributed by atoms with Gasteiger partial charge in [-0.2, -0.15) is 0 Å². The van der Waals surface area contributed by atoms with Crippen LogP contribution in [-0.4, -0.2) is 10.7 Å². The zero-order valence-electron chi connectivity index (χ0n) is 8.56. The van der Waals surface area contributed by atoms with Crippen molar-refractivity contribution in [3.05, 3.63) is 35.1 Å². The first-order chi connectivity index (χ1) is 6.38. The Morgan fingerprint density at radius 2 is 2.00 bits per heavy atom. The van der Waals surface area contributed by atoms with Crippen LogP contribution in [0.2, 0.25) is 0 Å². The second-order valence-corrected chi connectivity index (χ2v) is 3.77. The van der Waals surface area contributed by atoms with Crippen LogP contribution in [0.5, 0.6) is 0 Å². The van der Waals surface area contributed by atoms with Crippen LogP contribution in [0.3, 0.4) is 0 Å². The van der Waals surface area contributed by atoms with Crippen molar-refractivity contribution in [3.63, 3.8) is 0 Å². The molecule has 1 rings (SSSR count). The van der Waals surface area contributed by atoms with Crippen molar-refractivity contribution in [2.24, 2.45) is 0 Å². The second-order valence-electron chi connectivity index (χ2n) is 3.77. The third-order valence-corrected chi connectivity index (χ3v) is 1.69. The van der Waals surface area contributed by atoms with Gasteiger partial charge in [0.15, 0.2) is 0 Å². The van der Waals surface area contributed by atoms with E-state index in [1.165, 1.54) is 12.1 Å². The number of aliphatic hydroxyl groups is 1. The molecule has 0 heterocycles. The Balaban J connectivity index is 3.02. The lowest BCUT2D eigenvalue weighted by molar-refractivity contribution is 0.143. The third kappa shape index (κ3) is 3.20. The smallest absolute Gasteiger partial charge is 0.123 e. The summed E-state index contributed by atoms with van der Waals surface area (Å²) in [5.41, 5.74) is 0.510. The van der Waals surface area contributed by atoms with Gasteiger partial charge in [-0.3, -0.25) is 0 Å². The first-order valence-corrected chi connectivity index (χ1v) is 4.40. The summed E-state index contributed by atoms with van der Waals surface area (Å²) in [5.74, 6) is 5.23. The zero-order chi connectivity index (χ0) is 10.8. The number of rotatable bonds is 0. The van der Waals surface area contributed by atoms with Gasteiger partial charge in [0.1, 0.15) is 11.4 Å². The van der Waals surface area contributed by atoms with Gasteiger partial charge >= 0.3 is 0 Å². The Kier molecular flexibility index (Phi) is 2.93. The van der Waals surface area contributed by atoms with Crippen LogP contribution < -0.4 is 0 Å². The number of aryl methyl sites for hydroxylation is 1. The van der Waals surface area contributed by atoms with Crippen LogP contribution in [0.25, 0.3) is 0 Å². The van der Waals surface area contributed by atoms with E-state index in [9.17, 15) is 9.50 Å². The lowest BCUT2D eigenvalue weighted by Gasteiger charge is -2.06. The van der Waals surface area contributed by atoms with Crippen LogP contribution in [0.15, 0.2) is 18.2 Å². The number of benzene rings is 1. The highest BCUT2D eigenvalue weighted by atomic mass is 19.1. The summed E-state index contributed by atoms with van der Waals surface area (Å²) < 4.78 is 12.7. The van der Waals surface area contributed by atoms with Crippen LogP contribution in [0, 0.1) is 24.6 Å². The molecule has 0 aliphatic carbocycles. The fourth-order valence-corrected chi connectivity index (χ4v) is 0.988. The summed E-state index contributed by atoms with van der Waals surface area (Å²) in [7, 11) is 0. The average Bonchev–Trinajstić information content (AvgIpc) is 2.00. The van der Waals surface area contributed by atoms with Crippen molar-refractivity contribution in [1.82, 2.24) is 0 Å². The number of halogens is 1. The lowest BCUT2D eigenvalue weighted by atomic mass is 10.1. The standard InChI is InChI=1S/C12H13FO/c1-9-8-11(13)5-4-10(9)6-7-12(2,3)14/h4-5,8,14H,1-3H3. The molecule has 1 aromatic carbocycles. The van der Waals surface area contributed by atoms with E-state index in [1.807, 2.05) is 0 Å². The van der Waals surface area contributed by atoms with E-state index in [-0.39, 0.29) is 5.82 Å². The summed E-state index contributed by atoms with van der Waals surface area (Å²) in [6.07, 6.45) is 0. The molecule has 2 heteroatoms. The number of hydrogen-bond donors (Lipinski definition) is 1. The van der Waals surface area contributed by atoms with E-state index in [2.05, 4.69) is 11.8 Å². The zero-order valence-corrected chi connectivity index (χ0v) is 8.56. The van der Waals surface area contributed by atoms with E-state index in [0.29, 0.717) is 0 Å². The third-order valence-electron chi connectivity index (χ3n) is 1.69. The first-order valence-electron chi connectivity index (χ1n) is 4.40.